The first kappa shape index (κ1) is 53.0. The predicted octanol–water partition coefficient (Wildman–Crippen LogP) is 8.38. The molecule has 0 aliphatic heterocycles. The molecular weight excluding hydrogens is 956 g/mol. The van der Waals surface area contributed by atoms with Gasteiger partial charge in [-0.15, -0.1) is 0 Å². The quantitative estimate of drug-likeness (QED) is 0.0664. The van der Waals surface area contributed by atoms with Crippen LogP contribution in [-0.4, -0.2) is 84.7 Å². The molecule has 0 unspecified atom stereocenters. The van der Waals surface area contributed by atoms with Crippen LogP contribution in [0.3, 0.4) is 0 Å². The molecule has 1 aliphatic carbocycles. The second-order valence-electron chi connectivity index (χ2n) is 14.8. The second kappa shape index (κ2) is 20.8. The summed E-state index contributed by atoms with van der Waals surface area (Å²) < 4.78 is 213. The number of hydrogen-bond donors (Lipinski definition) is 0. The van der Waals surface area contributed by atoms with E-state index in [4.69, 9.17) is 0 Å². The van der Waals surface area contributed by atoms with E-state index in [0.29, 0.717) is 63.9 Å². The molecule has 3 rings (SSSR count). The Morgan fingerprint density at radius 3 is 1.22 bits per heavy atom. The van der Waals surface area contributed by atoms with Crippen LogP contribution in [-0.2, 0) is 88.3 Å². The SMILES string of the molecule is CS(=O)(=O)c1cccc2c1-c1c(c(S(=O)(=O)CCCCCCCCCC(F)(F)F)c(S(=O)(=O)CCCCCCCCCC(F)(F)F)c(S(C)(=O)=O)c1S(C)(=O)=O)C2.[Y]. The van der Waals surface area contributed by atoms with Crippen molar-refractivity contribution in [3.05, 3.63) is 29.3 Å². The van der Waals surface area contributed by atoms with Crippen LogP contribution in [0.25, 0.3) is 11.1 Å². The zero-order valence-electron chi connectivity index (χ0n) is 32.6. The Morgan fingerprint density at radius 1 is 0.466 bits per heavy atom. The van der Waals surface area contributed by atoms with Gasteiger partial charge in [0.05, 0.1) is 26.2 Å². The van der Waals surface area contributed by atoms with Crippen LogP contribution in [0.15, 0.2) is 42.7 Å². The molecule has 0 amide bonds. The summed E-state index contributed by atoms with van der Waals surface area (Å²) in [5.74, 6) is -1.51. The van der Waals surface area contributed by atoms with E-state index >= 15 is 0 Å². The molecule has 329 valence electrons. The van der Waals surface area contributed by atoms with Crippen LogP contribution in [0.4, 0.5) is 26.3 Å². The first-order valence-electron chi connectivity index (χ1n) is 18.5. The molecule has 0 bridgehead atoms. The van der Waals surface area contributed by atoms with Crippen molar-refractivity contribution in [2.24, 2.45) is 0 Å². The maximum absolute atomic E-state index is 14.5. The van der Waals surface area contributed by atoms with Crippen LogP contribution in [0.2, 0.25) is 0 Å². The third-order valence-corrected chi connectivity index (χ3v) is 17.2. The number of unbranched alkanes of at least 4 members (excludes halogenated alkanes) is 12. The van der Waals surface area contributed by atoms with E-state index < -0.39 is 122 Å². The standard InChI is InChI=1S/C36H50F6O10S5.Y/c1-53(43,44)28-20-18-19-26-25-27-30(29(26)28)32(54(2,45)46)33(55(3,47)48)34(57(51,52)24-17-13-9-5-7-11-15-22-36(40,41)42)31(27)56(49,50)23-16-12-8-4-6-10-14-21-35(37,38)39;/h18-20H,4-17,21-25H2,1-3H3;. The molecule has 0 N–H and O–H groups in total. The first-order chi connectivity index (χ1) is 26.0. The molecule has 2 aromatic carbocycles. The van der Waals surface area contributed by atoms with Crippen molar-refractivity contribution >= 4 is 49.2 Å². The van der Waals surface area contributed by atoms with Gasteiger partial charge in [-0.25, -0.2) is 42.1 Å². The third kappa shape index (κ3) is 15.0. The molecule has 0 saturated carbocycles. The van der Waals surface area contributed by atoms with Gasteiger partial charge >= 0.3 is 12.4 Å². The van der Waals surface area contributed by atoms with Crippen molar-refractivity contribution in [1.29, 1.82) is 0 Å². The molecule has 1 aliphatic rings. The predicted molar refractivity (Wildman–Crippen MR) is 204 cm³/mol. The molecular formula is C36H50F6O10S5Y. The molecule has 1 radical (unpaired) electrons. The van der Waals surface area contributed by atoms with Gasteiger partial charge in [-0.2, -0.15) is 26.3 Å². The van der Waals surface area contributed by atoms with E-state index in [1.807, 2.05) is 0 Å². The monoisotopic (exact) mass is 1010 g/mol. The number of alkyl halides is 6. The van der Waals surface area contributed by atoms with Gasteiger partial charge < -0.3 is 0 Å². The minimum Gasteiger partial charge on any atom is -0.224 e. The molecule has 0 spiro atoms. The zero-order chi connectivity index (χ0) is 43.3. The van der Waals surface area contributed by atoms with Gasteiger partial charge in [0.1, 0.15) is 9.79 Å². The van der Waals surface area contributed by atoms with Gasteiger partial charge in [-0.3, -0.25) is 0 Å². The van der Waals surface area contributed by atoms with Crippen LogP contribution >= 0.6 is 0 Å². The summed E-state index contributed by atoms with van der Waals surface area (Å²) in [5.41, 5.74) is -1.00. The van der Waals surface area contributed by atoms with Crippen molar-refractivity contribution in [1.82, 2.24) is 0 Å². The summed E-state index contributed by atoms with van der Waals surface area (Å²) in [7, 11) is -23.5. The zero-order valence-corrected chi connectivity index (χ0v) is 39.6. The number of benzene rings is 2. The fourth-order valence-corrected chi connectivity index (χ4v) is 15.9. The smallest absolute Gasteiger partial charge is 0.224 e. The minimum atomic E-state index is -4.94. The van der Waals surface area contributed by atoms with E-state index in [1.54, 1.807) is 0 Å². The summed E-state index contributed by atoms with van der Waals surface area (Å²) in [6, 6.07) is 3.89. The van der Waals surface area contributed by atoms with Gasteiger partial charge in [0.15, 0.2) is 49.2 Å². The van der Waals surface area contributed by atoms with Gasteiger partial charge in [0.2, 0.25) is 0 Å². The van der Waals surface area contributed by atoms with E-state index in [0.717, 1.165) is 12.3 Å². The van der Waals surface area contributed by atoms with Crippen LogP contribution in [0.1, 0.15) is 114 Å². The maximum atomic E-state index is 14.5. The van der Waals surface area contributed by atoms with Gasteiger partial charge in [0.25, 0.3) is 0 Å². The average Bonchev–Trinajstić information content (AvgIpc) is 3.42. The Hall–Kier alpha value is -1.13. The maximum Gasteiger partial charge on any atom is 0.389 e. The Balaban J connectivity index is 0.0000116. The molecule has 0 fully saturated rings. The van der Waals surface area contributed by atoms with Crippen molar-refractivity contribution < 1.29 is 101 Å². The molecule has 22 heteroatoms. The average molecular weight is 1010 g/mol. The number of rotatable bonds is 23. The molecule has 0 saturated heterocycles. The summed E-state index contributed by atoms with van der Waals surface area (Å²) in [6.07, 6.45) is -5.38. The molecule has 58 heavy (non-hydrogen) atoms. The minimum absolute atomic E-state index is 0. The number of sulfone groups is 5. The topological polar surface area (TPSA) is 171 Å². The van der Waals surface area contributed by atoms with Crippen LogP contribution in [0, 0.1) is 0 Å². The van der Waals surface area contributed by atoms with Gasteiger partial charge in [0, 0.05) is 81.9 Å². The Bertz CT molecular complexity index is 2330. The summed E-state index contributed by atoms with van der Waals surface area (Å²) in [4.78, 5) is -4.85. The van der Waals surface area contributed by atoms with Crippen molar-refractivity contribution in [3.63, 3.8) is 0 Å². The molecule has 0 atom stereocenters. The van der Waals surface area contributed by atoms with E-state index in [-0.39, 0.29) is 87.9 Å². The number of fused-ring (bicyclic) bond motifs is 3. The van der Waals surface area contributed by atoms with Crippen LogP contribution < -0.4 is 0 Å². The number of halogens is 6. The third-order valence-electron chi connectivity index (χ3n) is 9.66. The van der Waals surface area contributed by atoms with E-state index in [1.165, 1.54) is 12.1 Å². The van der Waals surface area contributed by atoms with E-state index in [9.17, 15) is 68.4 Å². The largest absolute Gasteiger partial charge is 0.389 e. The fourth-order valence-electron chi connectivity index (χ4n) is 7.16. The van der Waals surface area contributed by atoms with Crippen LogP contribution in [0.5, 0.6) is 0 Å². The summed E-state index contributed by atoms with van der Waals surface area (Å²) >= 11 is 0. The Kier molecular flexibility index (Phi) is 19.0. The van der Waals surface area contributed by atoms with Crippen molar-refractivity contribution in [2.45, 2.75) is 146 Å². The molecule has 0 aromatic heterocycles. The normalized spacial score (nSPS) is 13.9. The van der Waals surface area contributed by atoms with Crippen molar-refractivity contribution in [2.75, 3.05) is 30.3 Å². The fraction of sp³-hybridized carbons (Fsp3) is 0.667. The Labute approximate surface area is 364 Å². The van der Waals surface area contributed by atoms with Gasteiger partial charge in [-0.1, -0.05) is 76.3 Å². The Morgan fingerprint density at radius 2 is 0.845 bits per heavy atom. The molecule has 10 nitrogen and oxygen atoms in total. The summed E-state index contributed by atoms with van der Waals surface area (Å²) in [6.45, 7) is 0. The van der Waals surface area contributed by atoms with Crippen molar-refractivity contribution in [3.8, 4) is 11.1 Å². The second-order valence-corrected chi connectivity index (χ2v) is 24.8. The molecule has 0 heterocycles. The summed E-state index contributed by atoms with van der Waals surface area (Å²) in [5, 5.41) is 0. The van der Waals surface area contributed by atoms with Gasteiger partial charge in [-0.05, 0) is 42.9 Å². The first-order valence-corrected chi connectivity index (χ1v) is 27.5. The number of hydrogen-bond acceptors (Lipinski definition) is 10. The molecule has 2 aromatic rings. The van der Waals surface area contributed by atoms with E-state index in [2.05, 4.69) is 0 Å².